The van der Waals surface area contributed by atoms with Gasteiger partial charge in [-0.3, -0.25) is 5.21 Å². The van der Waals surface area contributed by atoms with Crippen LogP contribution in [0.4, 0.5) is 13.6 Å². The van der Waals surface area contributed by atoms with Gasteiger partial charge in [-0.05, 0) is 88.1 Å². The van der Waals surface area contributed by atoms with Crippen molar-refractivity contribution in [1.29, 1.82) is 0 Å². The van der Waals surface area contributed by atoms with Gasteiger partial charge in [-0.2, -0.15) is 13.1 Å². The summed E-state index contributed by atoms with van der Waals surface area (Å²) in [6, 6.07) is 8.43. The fourth-order valence-corrected chi connectivity index (χ4v) is 6.38. The molecule has 2 aliphatic carbocycles. The number of benzene rings is 2. The molecule has 2 saturated carbocycles. The molecule has 0 bridgehead atoms. The highest BCUT2D eigenvalue weighted by Crippen LogP contribution is 2.38. The van der Waals surface area contributed by atoms with E-state index < -0.39 is 46.9 Å². The third kappa shape index (κ3) is 11.7. The van der Waals surface area contributed by atoms with E-state index in [1.807, 2.05) is 0 Å². The maximum Gasteiger partial charge on any atom is 0.424 e. The summed E-state index contributed by atoms with van der Waals surface area (Å²) in [7, 11) is -4.09. The smallest absolute Gasteiger partial charge is 0.424 e. The first-order chi connectivity index (χ1) is 24.9. The maximum atomic E-state index is 13.9. The Bertz CT molecular complexity index is 1910. The van der Waals surface area contributed by atoms with Crippen molar-refractivity contribution in [1.82, 2.24) is 4.31 Å². The van der Waals surface area contributed by atoms with Gasteiger partial charge < -0.3 is 23.7 Å². The number of nitrogens with zero attached hydrogens (tertiary/aromatic N) is 2. The number of aromatic nitrogens is 1. The van der Waals surface area contributed by atoms with Crippen LogP contribution in [0.3, 0.4) is 0 Å². The van der Waals surface area contributed by atoms with Gasteiger partial charge in [0.15, 0.2) is 11.5 Å². The lowest BCUT2D eigenvalue weighted by Crippen LogP contribution is -2.39. The maximum absolute atomic E-state index is 13.9. The molecule has 3 aromatic rings. The molecule has 0 saturated heterocycles. The number of hydrogen-bond donors (Lipinski definition) is 1. The number of carbonyl (C=O) groups is 2. The van der Waals surface area contributed by atoms with Gasteiger partial charge >= 0.3 is 18.7 Å². The van der Waals surface area contributed by atoms with Crippen LogP contribution in [0.25, 0.3) is 0 Å². The number of ether oxygens (including phenoxy) is 5. The molecule has 2 fully saturated rings. The van der Waals surface area contributed by atoms with Gasteiger partial charge in [0.25, 0.3) is 0 Å². The lowest BCUT2D eigenvalue weighted by molar-refractivity contribution is -0.904. The highest BCUT2D eigenvalue weighted by Gasteiger charge is 2.32. The molecule has 12 nitrogen and oxygen atoms in total. The lowest BCUT2D eigenvalue weighted by Gasteiger charge is -2.26. The summed E-state index contributed by atoms with van der Waals surface area (Å²) in [5.74, 6) is -0.286. The van der Waals surface area contributed by atoms with Crippen LogP contribution < -0.4 is 18.9 Å². The molecule has 1 aromatic heterocycles. The van der Waals surface area contributed by atoms with Gasteiger partial charge in [0.2, 0.25) is 22.4 Å². The standard InChI is InChI=1S/C36H41Cl2F2N2O10S/c1-36(2,3)52-35(44)42(53(4,46)47)16-25-10-9-24(14-30(25)48-19-21-5-6-21)33(43)50-31(15-26-27(37)17-41(45)18-28(26)38)23-11-12-29(51-34(39)40)32(13-23)49-20-22-7-8-22/h9-14,17-18,21-22,31,34,45H,5-8,15-16,19-20H2,1-4H3/q+1/t31-/m0/s1. The number of hydrogen-bond acceptors (Lipinski definition) is 10. The van der Waals surface area contributed by atoms with Crippen molar-refractivity contribution >= 4 is 45.3 Å². The predicted molar refractivity (Wildman–Crippen MR) is 188 cm³/mol. The Balaban J connectivity index is 1.48. The first-order valence-corrected chi connectivity index (χ1v) is 19.4. The number of rotatable bonds is 16. The topological polar surface area (TPSA) is 142 Å². The minimum absolute atomic E-state index is 0.0223. The first-order valence-electron chi connectivity index (χ1n) is 16.8. The second-order valence-electron chi connectivity index (χ2n) is 14.1. The lowest BCUT2D eigenvalue weighted by atomic mass is 10.0. The van der Waals surface area contributed by atoms with Gasteiger partial charge in [-0.15, -0.1) is 0 Å². The fourth-order valence-electron chi connectivity index (χ4n) is 5.09. The molecule has 0 radical (unpaired) electrons. The second-order valence-corrected chi connectivity index (χ2v) is 16.8. The van der Waals surface area contributed by atoms with E-state index in [4.69, 9.17) is 42.1 Å². The SMILES string of the molecule is CC(C)(C)OC(=O)N(Cc1ccc(C(=O)O[C@@H](Cc2c(Cl)c[n+](O)cc2Cl)c2ccc(OC(F)F)c(OCC3CC3)c2)cc1OCC1CC1)S(C)(=O)=O. The molecule has 5 rings (SSSR count). The van der Waals surface area contributed by atoms with Gasteiger partial charge in [0, 0.05) is 22.3 Å². The molecule has 53 heavy (non-hydrogen) atoms. The summed E-state index contributed by atoms with van der Waals surface area (Å²) in [5, 5.41) is 10.0. The van der Waals surface area contributed by atoms with Crippen LogP contribution in [0.1, 0.15) is 79.6 Å². The molecular formula is C36H41Cl2F2N2O10S+. The van der Waals surface area contributed by atoms with Gasteiger partial charge in [-0.1, -0.05) is 35.3 Å². The number of halogens is 4. The van der Waals surface area contributed by atoms with Crippen LogP contribution in [0.15, 0.2) is 48.8 Å². The van der Waals surface area contributed by atoms with E-state index in [2.05, 4.69) is 4.74 Å². The molecule has 1 heterocycles. The Hall–Kier alpha value is -4.08. The molecular weight excluding hydrogens is 761 g/mol. The monoisotopic (exact) mass is 801 g/mol. The predicted octanol–water partition coefficient (Wildman–Crippen LogP) is 7.53. The van der Waals surface area contributed by atoms with E-state index in [0.29, 0.717) is 32.3 Å². The summed E-state index contributed by atoms with van der Waals surface area (Å²) in [5.41, 5.74) is -0.00183. The second kappa shape index (κ2) is 16.5. The highest BCUT2D eigenvalue weighted by atomic mass is 35.5. The Morgan fingerprint density at radius 2 is 1.55 bits per heavy atom. The number of carbonyl (C=O) groups excluding carboxylic acids is 2. The van der Waals surface area contributed by atoms with Gasteiger partial charge in [0.1, 0.15) is 27.5 Å². The van der Waals surface area contributed by atoms with E-state index in [1.54, 1.807) is 20.8 Å². The van der Waals surface area contributed by atoms with Crippen LogP contribution in [0.2, 0.25) is 10.0 Å². The van der Waals surface area contributed by atoms with E-state index in [-0.39, 0.29) is 57.7 Å². The number of amides is 1. The molecule has 0 unspecified atom stereocenters. The van der Waals surface area contributed by atoms with Crippen molar-refractivity contribution < 1.29 is 60.4 Å². The Kier molecular flexibility index (Phi) is 12.5. The summed E-state index contributed by atoms with van der Waals surface area (Å²) < 4.78 is 81.2. The van der Waals surface area contributed by atoms with Crippen molar-refractivity contribution in [3.05, 3.63) is 81.1 Å². The summed E-state index contributed by atoms with van der Waals surface area (Å²) in [4.78, 5) is 26.8. The van der Waals surface area contributed by atoms with Crippen molar-refractivity contribution in [3.8, 4) is 17.2 Å². The van der Waals surface area contributed by atoms with Crippen LogP contribution in [0, 0.1) is 11.8 Å². The molecule has 2 aromatic carbocycles. The average Bonchev–Trinajstić information content (AvgIpc) is 3.98. The molecule has 0 spiro atoms. The van der Waals surface area contributed by atoms with Gasteiger partial charge in [0.05, 0.1) is 31.6 Å². The molecule has 288 valence electrons. The number of sulfonamides is 1. The fraction of sp³-hybridized carbons (Fsp3) is 0.472. The van der Waals surface area contributed by atoms with E-state index in [9.17, 15) is 32.0 Å². The summed E-state index contributed by atoms with van der Waals surface area (Å²) in [6.07, 6.45) is 4.75. The molecule has 2 aliphatic rings. The third-order valence-electron chi connectivity index (χ3n) is 8.22. The first kappa shape index (κ1) is 40.1. The zero-order valence-electron chi connectivity index (χ0n) is 29.5. The van der Waals surface area contributed by atoms with Crippen molar-refractivity contribution in [3.63, 3.8) is 0 Å². The summed E-state index contributed by atoms with van der Waals surface area (Å²) in [6.45, 7) is 1.86. The Labute approximate surface area is 316 Å². The largest absolute Gasteiger partial charge is 0.493 e. The van der Waals surface area contributed by atoms with Crippen molar-refractivity contribution in [2.24, 2.45) is 11.8 Å². The zero-order chi connectivity index (χ0) is 38.7. The number of pyridine rings is 1. The average molecular weight is 803 g/mol. The highest BCUT2D eigenvalue weighted by molar-refractivity contribution is 7.88. The van der Waals surface area contributed by atoms with Crippen LogP contribution in [-0.2, 0) is 32.5 Å². The van der Waals surface area contributed by atoms with Crippen molar-refractivity contribution in [2.45, 2.75) is 77.7 Å². The molecule has 1 atom stereocenters. The molecule has 0 aliphatic heterocycles. The summed E-state index contributed by atoms with van der Waals surface area (Å²) >= 11 is 12.9. The quantitative estimate of drug-likeness (QED) is 0.0878. The van der Waals surface area contributed by atoms with E-state index >= 15 is 0 Å². The minimum Gasteiger partial charge on any atom is -0.493 e. The molecule has 17 heteroatoms. The normalized spacial score (nSPS) is 15.1. The molecule has 1 N–H and O–H groups in total. The van der Waals surface area contributed by atoms with Gasteiger partial charge in [-0.25, -0.2) is 18.0 Å². The Morgan fingerprint density at radius 3 is 2.09 bits per heavy atom. The van der Waals surface area contributed by atoms with Crippen molar-refractivity contribution in [2.75, 3.05) is 19.5 Å². The minimum atomic E-state index is -4.09. The number of alkyl halides is 2. The van der Waals surface area contributed by atoms with Crippen LogP contribution in [-0.4, -0.2) is 61.7 Å². The molecule has 1 amide bonds. The zero-order valence-corrected chi connectivity index (χ0v) is 31.8. The number of esters is 1. The van der Waals surface area contributed by atoms with Crippen LogP contribution in [0.5, 0.6) is 17.2 Å². The van der Waals surface area contributed by atoms with Crippen LogP contribution >= 0.6 is 23.2 Å². The Morgan fingerprint density at radius 1 is 0.943 bits per heavy atom. The third-order valence-corrected chi connectivity index (χ3v) is 9.95. The van der Waals surface area contributed by atoms with E-state index in [1.165, 1.54) is 48.8 Å². The van der Waals surface area contributed by atoms with E-state index in [0.717, 1.165) is 31.9 Å².